The first-order chi connectivity index (χ1) is 8.33. The third-order valence-electron chi connectivity index (χ3n) is 3.41. The molecular formula is C12H21N3S2. The summed E-state index contributed by atoms with van der Waals surface area (Å²) in [6.07, 6.45) is 3.12. The van der Waals surface area contributed by atoms with E-state index in [0.29, 0.717) is 0 Å². The van der Waals surface area contributed by atoms with Gasteiger partial charge < -0.3 is 4.90 Å². The average molecular weight is 271 g/mol. The molecular weight excluding hydrogens is 250 g/mol. The van der Waals surface area contributed by atoms with E-state index in [0.717, 1.165) is 37.8 Å². The van der Waals surface area contributed by atoms with Crippen molar-refractivity contribution >= 4 is 29.1 Å². The first-order valence-corrected chi connectivity index (χ1v) is 7.82. The zero-order valence-corrected chi connectivity index (χ0v) is 12.1. The number of aromatic nitrogens is 1. The first-order valence-electron chi connectivity index (χ1n) is 6.31. The van der Waals surface area contributed by atoms with Crippen LogP contribution in [-0.2, 0) is 0 Å². The largest absolute Gasteiger partial charge is 0.346 e. The summed E-state index contributed by atoms with van der Waals surface area (Å²) in [7, 11) is 0. The van der Waals surface area contributed by atoms with Gasteiger partial charge in [0.05, 0.1) is 0 Å². The maximum Gasteiger partial charge on any atom is 0.185 e. The summed E-state index contributed by atoms with van der Waals surface area (Å²) >= 11 is 6.15. The van der Waals surface area contributed by atoms with Gasteiger partial charge in [0, 0.05) is 44.3 Å². The lowest BCUT2D eigenvalue weighted by Gasteiger charge is -2.36. The van der Waals surface area contributed by atoms with Gasteiger partial charge in [-0.3, -0.25) is 4.90 Å². The van der Waals surface area contributed by atoms with Gasteiger partial charge in [-0.1, -0.05) is 13.3 Å². The molecule has 1 aliphatic rings. The van der Waals surface area contributed by atoms with E-state index in [-0.39, 0.29) is 0 Å². The summed E-state index contributed by atoms with van der Waals surface area (Å²) in [5.41, 5.74) is 0. The number of hydrogen-bond donors (Lipinski definition) is 1. The third-order valence-corrected chi connectivity index (χ3v) is 4.76. The number of thiol groups is 1. The van der Waals surface area contributed by atoms with Gasteiger partial charge in [0.25, 0.3) is 0 Å². The topological polar surface area (TPSA) is 19.4 Å². The predicted octanol–water partition coefficient (Wildman–Crippen LogP) is 2.22. The van der Waals surface area contributed by atoms with Crippen molar-refractivity contribution in [2.24, 2.45) is 5.92 Å². The molecule has 3 nitrogen and oxygen atoms in total. The normalized spacial score (nSPS) is 19.5. The second-order valence-electron chi connectivity index (χ2n) is 4.56. The highest BCUT2D eigenvalue weighted by Gasteiger charge is 2.20. The van der Waals surface area contributed by atoms with Gasteiger partial charge in [-0.25, -0.2) is 4.98 Å². The van der Waals surface area contributed by atoms with E-state index in [4.69, 9.17) is 0 Å². The maximum absolute atomic E-state index is 4.42. The van der Waals surface area contributed by atoms with E-state index in [9.17, 15) is 0 Å². The van der Waals surface area contributed by atoms with Crippen molar-refractivity contribution in [2.75, 3.05) is 43.4 Å². The number of anilines is 1. The minimum Gasteiger partial charge on any atom is -0.346 e. The van der Waals surface area contributed by atoms with Gasteiger partial charge in [0.2, 0.25) is 0 Å². The van der Waals surface area contributed by atoms with Crippen LogP contribution in [0.15, 0.2) is 11.6 Å². The highest BCUT2D eigenvalue weighted by Crippen LogP contribution is 2.19. The molecule has 2 rings (SSSR count). The van der Waals surface area contributed by atoms with Crippen molar-refractivity contribution in [3.05, 3.63) is 11.6 Å². The Kier molecular flexibility index (Phi) is 5.13. The lowest BCUT2D eigenvalue weighted by Crippen LogP contribution is -2.47. The molecule has 0 radical (unpaired) electrons. The Labute approximate surface area is 113 Å². The molecule has 1 aromatic rings. The van der Waals surface area contributed by atoms with Crippen LogP contribution >= 0.6 is 24.0 Å². The molecule has 1 unspecified atom stereocenters. The molecule has 2 heterocycles. The zero-order chi connectivity index (χ0) is 12.1. The van der Waals surface area contributed by atoms with E-state index in [1.54, 1.807) is 11.3 Å². The standard InChI is InChI=1S/C12H21N3S2/c1-2-11(10-16)9-14-4-6-15(7-5-14)12-13-3-8-17-12/h3,8,11,16H,2,4-7,9-10H2,1H3. The lowest BCUT2D eigenvalue weighted by atomic mass is 10.1. The van der Waals surface area contributed by atoms with Crippen molar-refractivity contribution < 1.29 is 0 Å². The summed E-state index contributed by atoms with van der Waals surface area (Å²) in [6, 6.07) is 0. The van der Waals surface area contributed by atoms with Crippen LogP contribution in [0.3, 0.4) is 0 Å². The predicted molar refractivity (Wildman–Crippen MR) is 78.4 cm³/mol. The number of thiazole rings is 1. The summed E-state index contributed by atoms with van der Waals surface area (Å²) in [5, 5.41) is 3.22. The fraction of sp³-hybridized carbons (Fsp3) is 0.750. The molecule has 5 heteroatoms. The molecule has 1 atom stereocenters. The Hall–Kier alpha value is -0.260. The molecule has 1 aromatic heterocycles. The van der Waals surface area contributed by atoms with E-state index in [1.807, 2.05) is 6.20 Å². The minimum atomic E-state index is 0.741. The van der Waals surface area contributed by atoms with Crippen molar-refractivity contribution in [1.82, 2.24) is 9.88 Å². The molecule has 0 aliphatic carbocycles. The number of rotatable bonds is 5. The van der Waals surface area contributed by atoms with Crippen LogP contribution in [0.1, 0.15) is 13.3 Å². The zero-order valence-electron chi connectivity index (χ0n) is 10.4. The molecule has 0 bridgehead atoms. The van der Waals surface area contributed by atoms with E-state index in [1.165, 1.54) is 18.1 Å². The molecule has 0 aromatic carbocycles. The second kappa shape index (κ2) is 6.61. The molecule has 17 heavy (non-hydrogen) atoms. The quantitative estimate of drug-likeness (QED) is 0.829. The van der Waals surface area contributed by atoms with Gasteiger partial charge in [-0.2, -0.15) is 12.6 Å². The molecule has 0 saturated carbocycles. The molecule has 1 fully saturated rings. The summed E-state index contributed by atoms with van der Waals surface area (Å²) in [5.74, 6) is 1.74. The van der Waals surface area contributed by atoms with Crippen molar-refractivity contribution in [2.45, 2.75) is 13.3 Å². The Bertz CT molecular complexity index is 304. The van der Waals surface area contributed by atoms with Crippen LogP contribution in [0.2, 0.25) is 0 Å². The SMILES string of the molecule is CCC(CS)CN1CCN(c2nccs2)CC1. The molecule has 0 N–H and O–H groups in total. The van der Waals surface area contributed by atoms with Gasteiger partial charge >= 0.3 is 0 Å². The van der Waals surface area contributed by atoms with Gasteiger partial charge in [0.15, 0.2) is 5.13 Å². The second-order valence-corrected chi connectivity index (χ2v) is 5.80. The third kappa shape index (κ3) is 3.60. The smallest absolute Gasteiger partial charge is 0.185 e. The number of nitrogens with zero attached hydrogens (tertiary/aromatic N) is 3. The van der Waals surface area contributed by atoms with Crippen molar-refractivity contribution in [1.29, 1.82) is 0 Å². The summed E-state index contributed by atoms with van der Waals surface area (Å²) in [4.78, 5) is 9.33. The maximum atomic E-state index is 4.42. The average Bonchev–Trinajstić information content (AvgIpc) is 2.90. The summed E-state index contributed by atoms with van der Waals surface area (Å²) in [6.45, 7) is 7.99. The Balaban J connectivity index is 1.78. The lowest BCUT2D eigenvalue weighted by molar-refractivity contribution is 0.224. The molecule has 96 valence electrons. The van der Waals surface area contributed by atoms with Gasteiger partial charge in [-0.15, -0.1) is 11.3 Å². The molecule has 0 amide bonds. The summed E-state index contributed by atoms with van der Waals surface area (Å²) < 4.78 is 0. The minimum absolute atomic E-state index is 0.741. The Morgan fingerprint density at radius 2 is 2.18 bits per heavy atom. The van der Waals surface area contributed by atoms with Gasteiger partial charge in [-0.05, 0) is 11.7 Å². The molecule has 1 saturated heterocycles. The fourth-order valence-electron chi connectivity index (χ4n) is 2.17. The monoisotopic (exact) mass is 271 g/mol. The van der Waals surface area contributed by atoms with Crippen molar-refractivity contribution in [3.8, 4) is 0 Å². The Morgan fingerprint density at radius 1 is 1.41 bits per heavy atom. The highest BCUT2D eigenvalue weighted by molar-refractivity contribution is 7.80. The van der Waals surface area contributed by atoms with Crippen LogP contribution in [0, 0.1) is 5.92 Å². The molecule has 1 aliphatic heterocycles. The van der Waals surface area contributed by atoms with Crippen LogP contribution in [-0.4, -0.2) is 48.4 Å². The van der Waals surface area contributed by atoms with E-state index in [2.05, 4.69) is 39.7 Å². The Morgan fingerprint density at radius 3 is 2.71 bits per heavy atom. The van der Waals surface area contributed by atoms with Crippen LogP contribution in [0.4, 0.5) is 5.13 Å². The van der Waals surface area contributed by atoms with E-state index >= 15 is 0 Å². The fourth-order valence-corrected chi connectivity index (χ4v) is 3.25. The first kappa shape index (κ1) is 13.2. The number of piperazine rings is 1. The van der Waals surface area contributed by atoms with Crippen molar-refractivity contribution in [3.63, 3.8) is 0 Å². The van der Waals surface area contributed by atoms with Crippen LogP contribution in [0.5, 0.6) is 0 Å². The van der Waals surface area contributed by atoms with E-state index < -0.39 is 0 Å². The number of hydrogen-bond acceptors (Lipinski definition) is 5. The highest BCUT2D eigenvalue weighted by atomic mass is 32.1. The van der Waals surface area contributed by atoms with Crippen LogP contribution in [0.25, 0.3) is 0 Å². The van der Waals surface area contributed by atoms with Gasteiger partial charge in [0.1, 0.15) is 0 Å². The molecule has 0 spiro atoms. The van der Waals surface area contributed by atoms with Crippen LogP contribution < -0.4 is 4.90 Å².